The molecule has 3 heteroatoms. The Kier molecular flexibility index (Phi) is 7.09. The standard InChI is InChI=1S/C7H15BO2/c1-9-6-4-7(10-2)3-5-8/h7H,3-6H2,1-2H3. The summed E-state index contributed by atoms with van der Waals surface area (Å²) >= 11 is 0. The van der Waals surface area contributed by atoms with Gasteiger partial charge in [0.15, 0.2) is 0 Å². The fraction of sp³-hybridized carbons (Fsp3) is 1.00. The van der Waals surface area contributed by atoms with Gasteiger partial charge in [-0.2, -0.15) is 0 Å². The van der Waals surface area contributed by atoms with Crippen LogP contribution in [0.25, 0.3) is 0 Å². The second-order valence-electron chi connectivity index (χ2n) is 2.22. The number of hydrogen-bond acceptors (Lipinski definition) is 2. The minimum absolute atomic E-state index is 0.268. The zero-order chi connectivity index (χ0) is 7.82. The topological polar surface area (TPSA) is 18.5 Å². The lowest BCUT2D eigenvalue weighted by molar-refractivity contribution is 0.0642. The van der Waals surface area contributed by atoms with Gasteiger partial charge < -0.3 is 9.47 Å². The molecular formula is C7H15BO2. The second-order valence-corrected chi connectivity index (χ2v) is 2.22. The van der Waals surface area contributed by atoms with Crippen molar-refractivity contribution in [3.05, 3.63) is 0 Å². The van der Waals surface area contributed by atoms with Crippen molar-refractivity contribution in [2.45, 2.75) is 25.3 Å². The monoisotopic (exact) mass is 142 g/mol. The summed E-state index contributed by atoms with van der Waals surface area (Å²) in [7, 11) is 8.75. The highest BCUT2D eigenvalue weighted by Gasteiger charge is 2.03. The normalized spacial score (nSPS) is 13.4. The molecule has 10 heavy (non-hydrogen) atoms. The first kappa shape index (κ1) is 9.98. The number of ether oxygens (including phenoxy) is 2. The van der Waals surface area contributed by atoms with Crippen LogP contribution in [0.4, 0.5) is 0 Å². The van der Waals surface area contributed by atoms with Crippen LogP contribution in [-0.4, -0.2) is 34.8 Å². The molecule has 0 aliphatic rings. The van der Waals surface area contributed by atoms with E-state index < -0.39 is 0 Å². The maximum atomic E-state index is 5.36. The summed E-state index contributed by atoms with van der Waals surface area (Å²) in [6, 6.07) is 0. The van der Waals surface area contributed by atoms with Crippen molar-refractivity contribution in [2.24, 2.45) is 0 Å². The molecule has 0 N–H and O–H groups in total. The molecule has 0 saturated carbocycles. The minimum atomic E-state index is 0.268. The van der Waals surface area contributed by atoms with Crippen LogP contribution in [0.1, 0.15) is 12.8 Å². The molecule has 0 aliphatic heterocycles. The SMILES string of the molecule is [B]CCC(CCOC)OC. The summed E-state index contributed by atoms with van der Waals surface area (Å²) in [5.74, 6) is 0. The number of rotatable bonds is 6. The van der Waals surface area contributed by atoms with Gasteiger partial charge >= 0.3 is 0 Å². The van der Waals surface area contributed by atoms with Crippen LogP contribution in [0.5, 0.6) is 0 Å². The molecule has 0 heterocycles. The van der Waals surface area contributed by atoms with Gasteiger partial charge in [0.25, 0.3) is 0 Å². The van der Waals surface area contributed by atoms with E-state index in [1.807, 2.05) is 0 Å². The summed E-state index contributed by atoms with van der Waals surface area (Å²) in [5, 5.41) is 0. The van der Waals surface area contributed by atoms with Crippen LogP contribution in [0.3, 0.4) is 0 Å². The van der Waals surface area contributed by atoms with Gasteiger partial charge in [0.05, 0.1) is 14.0 Å². The predicted octanol–water partition coefficient (Wildman–Crippen LogP) is 1.01. The molecule has 58 valence electrons. The van der Waals surface area contributed by atoms with Gasteiger partial charge in [-0.3, -0.25) is 0 Å². The third kappa shape index (κ3) is 4.83. The highest BCUT2D eigenvalue weighted by molar-refractivity contribution is 6.08. The average Bonchev–Trinajstić information content (AvgIpc) is 1.98. The molecule has 0 spiro atoms. The van der Waals surface area contributed by atoms with Gasteiger partial charge in [0, 0.05) is 20.8 Å². The van der Waals surface area contributed by atoms with Gasteiger partial charge in [-0.05, 0) is 12.8 Å². The molecule has 0 amide bonds. The van der Waals surface area contributed by atoms with Crippen LogP contribution in [0, 0.1) is 0 Å². The van der Waals surface area contributed by atoms with E-state index >= 15 is 0 Å². The molecule has 2 nitrogen and oxygen atoms in total. The molecule has 0 aromatic heterocycles. The van der Waals surface area contributed by atoms with Crippen molar-refractivity contribution in [3.8, 4) is 0 Å². The maximum absolute atomic E-state index is 5.36. The van der Waals surface area contributed by atoms with Crippen LogP contribution in [0.15, 0.2) is 0 Å². The molecule has 0 bridgehead atoms. The van der Waals surface area contributed by atoms with Crippen LogP contribution in [-0.2, 0) is 9.47 Å². The Bertz CT molecular complexity index is 68.6. The van der Waals surface area contributed by atoms with Crippen molar-refractivity contribution < 1.29 is 9.47 Å². The number of hydrogen-bond donors (Lipinski definition) is 0. The quantitative estimate of drug-likeness (QED) is 0.515. The Labute approximate surface area is 64.3 Å². The highest BCUT2D eigenvalue weighted by Crippen LogP contribution is 2.04. The summed E-state index contributed by atoms with van der Waals surface area (Å²) < 4.78 is 10.0. The van der Waals surface area contributed by atoms with Gasteiger partial charge in [-0.1, -0.05) is 6.32 Å². The van der Waals surface area contributed by atoms with Crippen molar-refractivity contribution in [1.29, 1.82) is 0 Å². The van der Waals surface area contributed by atoms with Crippen molar-refractivity contribution in [3.63, 3.8) is 0 Å². The Balaban J connectivity index is 3.21. The molecule has 0 aliphatic carbocycles. The highest BCUT2D eigenvalue weighted by atomic mass is 16.5. The third-order valence-electron chi connectivity index (χ3n) is 1.47. The summed E-state index contributed by atoms with van der Waals surface area (Å²) in [5.41, 5.74) is 0. The Morgan fingerprint density at radius 1 is 1.30 bits per heavy atom. The Hall–Kier alpha value is -0.0151. The van der Waals surface area contributed by atoms with Gasteiger partial charge in [-0.15, -0.1) is 0 Å². The Morgan fingerprint density at radius 2 is 2.00 bits per heavy atom. The molecule has 0 aromatic carbocycles. The largest absolute Gasteiger partial charge is 0.385 e. The van der Waals surface area contributed by atoms with Crippen molar-refractivity contribution in [2.75, 3.05) is 20.8 Å². The first-order valence-electron chi connectivity index (χ1n) is 3.57. The van der Waals surface area contributed by atoms with Crippen molar-refractivity contribution in [1.82, 2.24) is 0 Å². The summed E-state index contributed by atoms with van der Waals surface area (Å²) in [6.45, 7) is 0.749. The van der Waals surface area contributed by atoms with E-state index in [1.54, 1.807) is 14.2 Å². The number of methoxy groups -OCH3 is 2. The zero-order valence-electron chi connectivity index (χ0n) is 6.80. The summed E-state index contributed by atoms with van der Waals surface area (Å²) in [4.78, 5) is 0. The van der Waals surface area contributed by atoms with Crippen LogP contribution in [0.2, 0.25) is 6.32 Å². The smallest absolute Gasteiger partial charge is 0.0654 e. The zero-order valence-corrected chi connectivity index (χ0v) is 6.80. The molecular weight excluding hydrogens is 127 g/mol. The van der Waals surface area contributed by atoms with E-state index in [1.165, 1.54) is 0 Å². The van der Waals surface area contributed by atoms with Crippen molar-refractivity contribution >= 4 is 7.85 Å². The van der Waals surface area contributed by atoms with Gasteiger partial charge in [-0.25, -0.2) is 0 Å². The maximum Gasteiger partial charge on any atom is 0.0654 e. The van der Waals surface area contributed by atoms with E-state index in [0.29, 0.717) is 6.32 Å². The first-order valence-corrected chi connectivity index (χ1v) is 3.57. The second kappa shape index (κ2) is 7.10. The average molecular weight is 142 g/mol. The fourth-order valence-electron chi connectivity index (χ4n) is 0.815. The first-order chi connectivity index (χ1) is 4.85. The lowest BCUT2D eigenvalue weighted by Crippen LogP contribution is -2.12. The van der Waals surface area contributed by atoms with E-state index in [2.05, 4.69) is 0 Å². The molecule has 2 radical (unpaired) electrons. The molecule has 1 unspecified atom stereocenters. The lowest BCUT2D eigenvalue weighted by atomic mass is 9.98. The molecule has 0 rings (SSSR count). The Morgan fingerprint density at radius 3 is 2.40 bits per heavy atom. The molecule has 0 fully saturated rings. The van der Waals surface area contributed by atoms with Crippen LogP contribution < -0.4 is 0 Å². The summed E-state index contributed by atoms with van der Waals surface area (Å²) in [6.07, 6.45) is 2.80. The molecule has 0 saturated heterocycles. The van der Waals surface area contributed by atoms with Gasteiger partial charge in [0.1, 0.15) is 0 Å². The lowest BCUT2D eigenvalue weighted by Gasteiger charge is -2.12. The molecule has 1 atom stereocenters. The van der Waals surface area contributed by atoms with E-state index in [9.17, 15) is 0 Å². The minimum Gasteiger partial charge on any atom is -0.385 e. The van der Waals surface area contributed by atoms with E-state index in [0.717, 1.165) is 19.4 Å². The van der Waals surface area contributed by atoms with Gasteiger partial charge in [0.2, 0.25) is 0 Å². The van der Waals surface area contributed by atoms with E-state index in [-0.39, 0.29) is 6.10 Å². The molecule has 0 aromatic rings. The fourth-order valence-corrected chi connectivity index (χ4v) is 0.815. The van der Waals surface area contributed by atoms with Crippen LogP contribution >= 0.6 is 0 Å². The van der Waals surface area contributed by atoms with E-state index in [4.69, 9.17) is 17.3 Å². The third-order valence-corrected chi connectivity index (χ3v) is 1.47. The predicted molar refractivity (Wildman–Crippen MR) is 42.5 cm³/mol.